The lowest BCUT2D eigenvalue weighted by atomic mass is 10.1. The van der Waals surface area contributed by atoms with Crippen LogP contribution in [0.4, 0.5) is 15.8 Å². The SMILES string of the molecule is Fc1ccc(Nc2ccc3c(c2)c2cc([Si](c4ccccc4)(c4ccccc4)c4ccccc4)ccc2n3-c2ccccc2)cc1. The van der Waals surface area contributed by atoms with Gasteiger partial charge in [-0.2, -0.15) is 0 Å². The zero-order chi connectivity index (χ0) is 30.9. The van der Waals surface area contributed by atoms with E-state index in [4.69, 9.17) is 0 Å². The minimum absolute atomic E-state index is 0.248. The number of para-hydroxylation sites is 1. The third kappa shape index (κ3) is 4.71. The van der Waals surface area contributed by atoms with Gasteiger partial charge in [-0.3, -0.25) is 0 Å². The van der Waals surface area contributed by atoms with Crippen LogP contribution in [0.25, 0.3) is 27.5 Å². The maximum atomic E-state index is 13.6. The number of fused-ring (bicyclic) bond motifs is 3. The van der Waals surface area contributed by atoms with Gasteiger partial charge in [0.25, 0.3) is 0 Å². The summed E-state index contributed by atoms with van der Waals surface area (Å²) >= 11 is 0. The topological polar surface area (TPSA) is 17.0 Å². The number of aromatic nitrogens is 1. The molecule has 0 amide bonds. The summed E-state index contributed by atoms with van der Waals surface area (Å²) in [5.74, 6) is -0.248. The monoisotopic (exact) mass is 610 g/mol. The molecule has 1 aromatic heterocycles. The van der Waals surface area contributed by atoms with Gasteiger partial charge in [-0.1, -0.05) is 121 Å². The highest BCUT2D eigenvalue weighted by atomic mass is 28.3. The first-order chi connectivity index (χ1) is 22.7. The summed E-state index contributed by atoms with van der Waals surface area (Å²) in [7, 11) is -2.71. The summed E-state index contributed by atoms with van der Waals surface area (Å²) in [6, 6.07) is 63.8. The van der Waals surface area contributed by atoms with E-state index in [2.05, 4.69) is 168 Å². The molecule has 0 unspecified atom stereocenters. The lowest BCUT2D eigenvalue weighted by Gasteiger charge is -2.34. The van der Waals surface area contributed by atoms with Gasteiger partial charge in [0.1, 0.15) is 5.82 Å². The molecule has 8 rings (SSSR count). The van der Waals surface area contributed by atoms with Gasteiger partial charge in [0.15, 0.2) is 8.07 Å². The van der Waals surface area contributed by atoms with Crippen LogP contribution in [0.1, 0.15) is 0 Å². The molecule has 0 aliphatic heterocycles. The molecule has 8 aromatic rings. The van der Waals surface area contributed by atoms with Crippen LogP contribution < -0.4 is 26.1 Å². The van der Waals surface area contributed by atoms with Gasteiger partial charge in [0, 0.05) is 27.8 Å². The lowest BCUT2D eigenvalue weighted by molar-refractivity contribution is 0.628. The summed E-state index contributed by atoms with van der Waals surface area (Å²) in [5.41, 5.74) is 5.20. The predicted octanol–water partition coefficient (Wildman–Crippen LogP) is 8.04. The zero-order valence-electron chi connectivity index (χ0n) is 25.1. The van der Waals surface area contributed by atoms with Gasteiger partial charge >= 0.3 is 0 Å². The number of benzene rings is 7. The zero-order valence-corrected chi connectivity index (χ0v) is 26.1. The van der Waals surface area contributed by atoms with E-state index in [1.54, 1.807) is 12.1 Å². The molecule has 7 aromatic carbocycles. The minimum atomic E-state index is -2.71. The molecule has 0 saturated heterocycles. The minimum Gasteiger partial charge on any atom is -0.356 e. The standard InChI is InChI=1S/C42H31FN2Si/c43-31-21-23-32(24-22-31)44-33-25-27-41-39(29-33)40-30-38(26-28-42(40)45(41)34-13-5-1-6-14-34)46(35-15-7-2-8-16-35,36-17-9-3-10-18-36)37-19-11-4-12-20-37/h1-30,44H. The summed E-state index contributed by atoms with van der Waals surface area (Å²) in [4.78, 5) is 0. The molecule has 2 nitrogen and oxygen atoms in total. The van der Waals surface area contributed by atoms with Crippen LogP contribution in [0.3, 0.4) is 0 Å². The molecular weight excluding hydrogens is 580 g/mol. The van der Waals surface area contributed by atoms with Gasteiger partial charge in [-0.05, 0) is 81.4 Å². The summed E-state index contributed by atoms with van der Waals surface area (Å²) < 4.78 is 16.0. The molecule has 46 heavy (non-hydrogen) atoms. The molecule has 0 atom stereocenters. The molecule has 1 heterocycles. The van der Waals surface area contributed by atoms with E-state index < -0.39 is 8.07 Å². The number of hydrogen-bond acceptors (Lipinski definition) is 1. The Labute approximate surface area is 269 Å². The van der Waals surface area contributed by atoms with Crippen LogP contribution >= 0.6 is 0 Å². The van der Waals surface area contributed by atoms with Crippen molar-refractivity contribution >= 4 is 62.0 Å². The van der Waals surface area contributed by atoms with Crippen LogP contribution in [0.15, 0.2) is 182 Å². The molecule has 0 radical (unpaired) electrons. The number of nitrogens with one attached hydrogen (secondary N) is 1. The largest absolute Gasteiger partial charge is 0.356 e. The van der Waals surface area contributed by atoms with Gasteiger partial charge < -0.3 is 9.88 Å². The van der Waals surface area contributed by atoms with E-state index in [0.29, 0.717) is 0 Å². The highest BCUT2D eigenvalue weighted by Gasteiger charge is 2.41. The second kappa shape index (κ2) is 11.7. The molecule has 0 spiro atoms. The highest BCUT2D eigenvalue weighted by Crippen LogP contribution is 2.34. The van der Waals surface area contributed by atoms with Crippen molar-refractivity contribution in [3.8, 4) is 5.69 Å². The second-order valence-electron chi connectivity index (χ2n) is 11.6. The van der Waals surface area contributed by atoms with Crippen molar-refractivity contribution in [2.75, 3.05) is 5.32 Å². The van der Waals surface area contributed by atoms with E-state index in [0.717, 1.165) is 33.5 Å². The molecule has 0 saturated carbocycles. The highest BCUT2D eigenvalue weighted by molar-refractivity contribution is 7.20. The Morgan fingerprint density at radius 3 is 1.41 bits per heavy atom. The predicted molar refractivity (Wildman–Crippen MR) is 194 cm³/mol. The first-order valence-corrected chi connectivity index (χ1v) is 17.5. The molecule has 1 N–H and O–H groups in total. The van der Waals surface area contributed by atoms with Crippen LogP contribution in [-0.2, 0) is 0 Å². The number of rotatable bonds is 7. The summed E-state index contributed by atoms with van der Waals surface area (Å²) in [6.07, 6.45) is 0. The molecule has 0 fully saturated rings. The van der Waals surface area contributed by atoms with E-state index >= 15 is 0 Å². The van der Waals surface area contributed by atoms with Crippen LogP contribution in [0, 0.1) is 5.82 Å². The Morgan fingerprint density at radius 2 is 0.870 bits per heavy atom. The fourth-order valence-electron chi connectivity index (χ4n) is 6.95. The number of halogens is 1. The summed E-state index contributed by atoms with van der Waals surface area (Å²) in [5, 5.41) is 11.2. The third-order valence-corrected chi connectivity index (χ3v) is 13.7. The van der Waals surface area contributed by atoms with Crippen LogP contribution in [0.2, 0.25) is 0 Å². The van der Waals surface area contributed by atoms with E-state index in [9.17, 15) is 4.39 Å². The fraction of sp³-hybridized carbons (Fsp3) is 0. The van der Waals surface area contributed by atoms with E-state index in [1.807, 2.05) is 0 Å². The quantitative estimate of drug-likeness (QED) is 0.143. The number of nitrogens with zero attached hydrogens (tertiary/aromatic N) is 1. The van der Waals surface area contributed by atoms with Gasteiger partial charge in [-0.25, -0.2) is 4.39 Å². The maximum Gasteiger partial charge on any atom is 0.179 e. The second-order valence-corrected chi connectivity index (χ2v) is 15.4. The van der Waals surface area contributed by atoms with Crippen LogP contribution in [-0.4, -0.2) is 12.6 Å². The first kappa shape index (κ1) is 27.8. The molecular formula is C42H31FN2Si. The smallest absolute Gasteiger partial charge is 0.179 e. The Hall–Kier alpha value is -5.71. The van der Waals surface area contributed by atoms with Crippen molar-refractivity contribution in [1.82, 2.24) is 4.57 Å². The average Bonchev–Trinajstić information content (AvgIpc) is 3.44. The van der Waals surface area contributed by atoms with Crippen molar-refractivity contribution in [1.29, 1.82) is 0 Å². The first-order valence-electron chi connectivity index (χ1n) is 15.5. The Bertz CT molecular complexity index is 2170. The third-order valence-electron chi connectivity index (χ3n) is 8.97. The van der Waals surface area contributed by atoms with Gasteiger partial charge in [0.2, 0.25) is 0 Å². The molecule has 0 aliphatic rings. The van der Waals surface area contributed by atoms with E-state index in [1.165, 1.54) is 38.3 Å². The number of anilines is 2. The lowest BCUT2D eigenvalue weighted by Crippen LogP contribution is -2.74. The van der Waals surface area contributed by atoms with Crippen molar-refractivity contribution in [2.24, 2.45) is 0 Å². The molecule has 0 bridgehead atoms. The maximum absolute atomic E-state index is 13.6. The Morgan fingerprint density at radius 1 is 0.413 bits per heavy atom. The normalized spacial score (nSPS) is 11.6. The average molecular weight is 611 g/mol. The number of hydrogen-bond donors (Lipinski definition) is 1. The van der Waals surface area contributed by atoms with Crippen molar-refractivity contribution in [3.63, 3.8) is 0 Å². The Kier molecular flexibility index (Phi) is 7.05. The van der Waals surface area contributed by atoms with Crippen molar-refractivity contribution in [3.05, 3.63) is 188 Å². The van der Waals surface area contributed by atoms with Crippen molar-refractivity contribution < 1.29 is 4.39 Å². The fourth-order valence-corrected chi connectivity index (χ4v) is 11.7. The van der Waals surface area contributed by atoms with E-state index in [-0.39, 0.29) is 5.82 Å². The van der Waals surface area contributed by atoms with Crippen LogP contribution in [0.5, 0.6) is 0 Å². The van der Waals surface area contributed by atoms with Gasteiger partial charge in [0.05, 0.1) is 11.0 Å². The molecule has 220 valence electrons. The van der Waals surface area contributed by atoms with Gasteiger partial charge in [-0.15, -0.1) is 0 Å². The molecule has 0 aliphatic carbocycles. The van der Waals surface area contributed by atoms with Crippen molar-refractivity contribution in [2.45, 2.75) is 0 Å². The molecule has 4 heteroatoms. The Balaban J connectivity index is 1.43. The summed E-state index contributed by atoms with van der Waals surface area (Å²) in [6.45, 7) is 0.